The molecule has 2 saturated heterocycles. The van der Waals surface area contributed by atoms with E-state index >= 15 is 0 Å². The summed E-state index contributed by atoms with van der Waals surface area (Å²) in [7, 11) is 1.72. The van der Waals surface area contributed by atoms with Gasteiger partial charge in [-0.25, -0.2) is 0 Å². The molecule has 2 heterocycles. The molecule has 3 nitrogen and oxygen atoms in total. The molecule has 0 amide bonds. The molecule has 0 aliphatic carbocycles. The molecule has 182 valence electrons. The van der Waals surface area contributed by atoms with E-state index in [1.807, 2.05) is 0 Å². The van der Waals surface area contributed by atoms with Gasteiger partial charge in [0, 0.05) is 37.6 Å². The van der Waals surface area contributed by atoms with Crippen LogP contribution in [0.25, 0.3) is 0 Å². The Labute approximate surface area is 224 Å². The van der Waals surface area contributed by atoms with Crippen molar-refractivity contribution in [2.75, 3.05) is 26.7 Å². The quantitative estimate of drug-likeness (QED) is 0.328. The van der Waals surface area contributed by atoms with Gasteiger partial charge in [0.1, 0.15) is 5.75 Å². The second-order valence-electron chi connectivity index (χ2n) is 9.06. The van der Waals surface area contributed by atoms with Gasteiger partial charge in [0.25, 0.3) is 0 Å². The third-order valence-corrected chi connectivity index (χ3v) is 7.71. The van der Waals surface area contributed by atoms with Gasteiger partial charge >= 0.3 is 0 Å². The summed E-state index contributed by atoms with van der Waals surface area (Å²) >= 11 is 3.66. The summed E-state index contributed by atoms with van der Waals surface area (Å²) < 4.78 is 6.45. The molecule has 2 aliphatic heterocycles. The smallest absolute Gasteiger partial charge is 0.133 e. The Balaban J connectivity index is 0.00000162. The first-order valence-electron chi connectivity index (χ1n) is 11.6. The third-order valence-electron chi connectivity index (χ3n) is 7.09. The zero-order valence-electron chi connectivity index (χ0n) is 19.5. The molecule has 0 spiro atoms. The van der Waals surface area contributed by atoms with Crippen molar-refractivity contribution < 1.29 is 4.74 Å². The van der Waals surface area contributed by atoms with Crippen molar-refractivity contribution >= 4 is 40.7 Å². The minimum atomic E-state index is 0. The molecule has 2 fully saturated rings. The SMILES string of the molecule is COc1ccc(CN2C[C@@H]3CCCN3[C@H](C(c3ccccc3)c3ccccc3)C2)cc1Br.Cl.Cl. The van der Waals surface area contributed by atoms with E-state index in [0.717, 1.165) is 29.9 Å². The van der Waals surface area contributed by atoms with E-state index in [0.29, 0.717) is 18.0 Å². The van der Waals surface area contributed by atoms with Crippen LogP contribution in [0.5, 0.6) is 5.75 Å². The molecule has 6 heteroatoms. The van der Waals surface area contributed by atoms with Gasteiger partial charge in [-0.05, 0) is 64.1 Å². The number of hydrogen-bond donors (Lipinski definition) is 0. The lowest BCUT2D eigenvalue weighted by Gasteiger charge is -2.47. The lowest BCUT2D eigenvalue weighted by molar-refractivity contribution is 0.0384. The van der Waals surface area contributed by atoms with Gasteiger partial charge < -0.3 is 4.74 Å². The monoisotopic (exact) mass is 562 g/mol. The maximum Gasteiger partial charge on any atom is 0.133 e. The first-order chi connectivity index (χ1) is 15.7. The number of rotatable bonds is 6. The van der Waals surface area contributed by atoms with Crippen LogP contribution in [0.3, 0.4) is 0 Å². The highest BCUT2D eigenvalue weighted by atomic mass is 79.9. The zero-order chi connectivity index (χ0) is 21.9. The van der Waals surface area contributed by atoms with E-state index in [4.69, 9.17) is 4.74 Å². The minimum absolute atomic E-state index is 0. The molecular formula is C28H33BrCl2N2O. The van der Waals surface area contributed by atoms with Gasteiger partial charge in [-0.2, -0.15) is 0 Å². The number of benzene rings is 3. The summed E-state index contributed by atoms with van der Waals surface area (Å²) in [5.74, 6) is 1.27. The number of piperazine rings is 1. The van der Waals surface area contributed by atoms with Crippen LogP contribution >= 0.6 is 40.7 Å². The highest BCUT2D eigenvalue weighted by molar-refractivity contribution is 9.10. The molecule has 0 saturated carbocycles. The molecule has 0 aromatic heterocycles. The van der Waals surface area contributed by atoms with E-state index in [1.54, 1.807) is 7.11 Å². The molecule has 5 rings (SSSR count). The standard InChI is InChI=1S/C28H31BrN2O.2ClH/c1-32-27-15-14-21(17-25(27)29)18-30-19-24-13-8-16-31(24)26(20-30)28(22-9-4-2-5-10-22)23-11-6-3-7-12-23;;/h2-7,9-12,14-15,17,24,26,28H,8,13,16,18-20H2,1H3;2*1H/t24-,26-;;/m0../s1. The van der Waals surface area contributed by atoms with Gasteiger partial charge in [-0.15, -0.1) is 24.8 Å². The fraction of sp³-hybridized carbons (Fsp3) is 0.357. The minimum Gasteiger partial charge on any atom is -0.496 e. The number of ether oxygens (including phenoxy) is 1. The first kappa shape index (κ1) is 27.0. The molecule has 0 N–H and O–H groups in total. The normalized spacial score (nSPS) is 20.3. The molecule has 3 aromatic carbocycles. The summed E-state index contributed by atoms with van der Waals surface area (Å²) in [6, 6.07) is 29.8. The van der Waals surface area contributed by atoms with Gasteiger partial charge in [-0.1, -0.05) is 66.7 Å². The van der Waals surface area contributed by atoms with Crippen LogP contribution in [0.4, 0.5) is 0 Å². The molecule has 34 heavy (non-hydrogen) atoms. The Morgan fingerprint density at radius 2 is 1.56 bits per heavy atom. The fourth-order valence-corrected chi connectivity index (χ4v) is 6.27. The van der Waals surface area contributed by atoms with Crippen molar-refractivity contribution in [1.29, 1.82) is 0 Å². The molecule has 0 unspecified atom stereocenters. The molecule has 0 bridgehead atoms. The summed E-state index contributed by atoms with van der Waals surface area (Å²) in [6.07, 6.45) is 2.61. The number of hydrogen-bond acceptors (Lipinski definition) is 3. The average molecular weight is 564 g/mol. The maximum atomic E-state index is 5.43. The highest BCUT2D eigenvalue weighted by Crippen LogP contribution is 2.38. The molecule has 0 radical (unpaired) electrons. The van der Waals surface area contributed by atoms with E-state index in [9.17, 15) is 0 Å². The number of fused-ring (bicyclic) bond motifs is 1. The summed E-state index contributed by atoms with van der Waals surface area (Å²) in [5.41, 5.74) is 4.17. The number of methoxy groups -OCH3 is 1. The van der Waals surface area contributed by atoms with Crippen LogP contribution in [-0.2, 0) is 6.54 Å². The Hall–Kier alpha value is -1.56. The van der Waals surface area contributed by atoms with Crippen molar-refractivity contribution in [2.45, 2.75) is 37.4 Å². The van der Waals surface area contributed by atoms with Crippen molar-refractivity contribution in [1.82, 2.24) is 9.80 Å². The first-order valence-corrected chi connectivity index (χ1v) is 12.4. The summed E-state index contributed by atoms with van der Waals surface area (Å²) in [5, 5.41) is 0. The summed E-state index contributed by atoms with van der Waals surface area (Å²) in [4.78, 5) is 5.48. The number of nitrogens with zero attached hydrogens (tertiary/aromatic N) is 2. The Kier molecular flexibility index (Phi) is 9.87. The van der Waals surface area contributed by atoms with Crippen LogP contribution in [0, 0.1) is 0 Å². The third kappa shape index (κ3) is 5.80. The topological polar surface area (TPSA) is 15.7 Å². The molecular weight excluding hydrogens is 531 g/mol. The molecule has 2 atom stereocenters. The van der Waals surface area contributed by atoms with Crippen molar-refractivity contribution in [3.05, 3.63) is 100 Å². The fourth-order valence-electron chi connectivity index (χ4n) is 5.68. The van der Waals surface area contributed by atoms with Crippen LogP contribution in [0.1, 0.15) is 35.4 Å². The van der Waals surface area contributed by atoms with Crippen molar-refractivity contribution in [3.8, 4) is 5.75 Å². The van der Waals surface area contributed by atoms with Crippen molar-refractivity contribution in [2.24, 2.45) is 0 Å². The van der Waals surface area contributed by atoms with E-state index in [1.165, 1.54) is 36.1 Å². The lowest BCUT2D eigenvalue weighted by atomic mass is 9.82. The second kappa shape index (κ2) is 12.4. The van der Waals surface area contributed by atoms with Crippen LogP contribution in [0.15, 0.2) is 83.3 Å². The second-order valence-corrected chi connectivity index (χ2v) is 9.92. The maximum absolute atomic E-state index is 5.43. The van der Waals surface area contributed by atoms with Crippen molar-refractivity contribution in [3.63, 3.8) is 0 Å². The Morgan fingerprint density at radius 1 is 0.912 bits per heavy atom. The predicted molar refractivity (Wildman–Crippen MR) is 149 cm³/mol. The Morgan fingerprint density at radius 3 is 2.15 bits per heavy atom. The van der Waals surface area contributed by atoms with Gasteiger partial charge in [0.15, 0.2) is 0 Å². The van der Waals surface area contributed by atoms with E-state index in [2.05, 4.69) is 105 Å². The Bertz CT molecular complexity index is 998. The van der Waals surface area contributed by atoms with E-state index in [-0.39, 0.29) is 24.8 Å². The largest absolute Gasteiger partial charge is 0.496 e. The van der Waals surface area contributed by atoms with Crippen LogP contribution < -0.4 is 4.74 Å². The number of halogens is 3. The zero-order valence-corrected chi connectivity index (χ0v) is 22.7. The predicted octanol–water partition coefficient (Wildman–Crippen LogP) is 6.78. The average Bonchev–Trinajstić information content (AvgIpc) is 3.30. The summed E-state index contributed by atoms with van der Waals surface area (Å²) in [6.45, 7) is 4.41. The van der Waals surface area contributed by atoms with E-state index < -0.39 is 0 Å². The van der Waals surface area contributed by atoms with Gasteiger partial charge in [0.05, 0.1) is 11.6 Å². The van der Waals surface area contributed by atoms with Gasteiger partial charge in [-0.3, -0.25) is 9.80 Å². The van der Waals surface area contributed by atoms with Gasteiger partial charge in [0.2, 0.25) is 0 Å². The van der Waals surface area contributed by atoms with Crippen LogP contribution in [0.2, 0.25) is 0 Å². The highest BCUT2D eigenvalue weighted by Gasteiger charge is 2.41. The molecule has 2 aliphatic rings. The molecule has 3 aromatic rings. The lowest BCUT2D eigenvalue weighted by Crippen LogP contribution is -2.57. The van der Waals surface area contributed by atoms with Crippen LogP contribution in [-0.4, -0.2) is 48.6 Å².